The second kappa shape index (κ2) is 7.42. The fourth-order valence-corrected chi connectivity index (χ4v) is 2.96. The molecule has 0 spiro atoms. The zero-order valence-corrected chi connectivity index (χ0v) is 13.7. The van der Waals surface area contributed by atoms with E-state index in [0.29, 0.717) is 0 Å². The highest BCUT2D eigenvalue weighted by Gasteiger charge is 2.12. The van der Waals surface area contributed by atoms with Crippen molar-refractivity contribution in [3.05, 3.63) is 70.3 Å². The smallest absolute Gasteiger partial charge is 0.0574 e. The largest absolute Gasteiger partial charge is 0.309 e. The highest BCUT2D eigenvalue weighted by atomic mass is 14.9. The number of unbranched alkanes of at least 4 members (excludes halogenated alkanes) is 1. The standard InChI is InChI=1S/C20H27N/c1-5-6-7-17-8-10-18(11-9-17)20(21-4)19-13-15(2)12-16(3)14-19/h8-14,20-21H,5-7H2,1-4H3. The van der Waals surface area contributed by atoms with Crippen LogP contribution in [0.5, 0.6) is 0 Å². The molecule has 0 bridgehead atoms. The van der Waals surface area contributed by atoms with Crippen LogP contribution < -0.4 is 5.32 Å². The molecular formula is C20H27N. The molecule has 0 aliphatic heterocycles. The van der Waals surface area contributed by atoms with Crippen molar-refractivity contribution in [1.29, 1.82) is 0 Å². The predicted octanol–water partition coefficient (Wildman–Crippen LogP) is 4.95. The Morgan fingerprint density at radius 2 is 1.52 bits per heavy atom. The quantitative estimate of drug-likeness (QED) is 0.789. The summed E-state index contributed by atoms with van der Waals surface area (Å²) in [6, 6.07) is 16.1. The number of rotatable bonds is 6. The fourth-order valence-electron chi connectivity index (χ4n) is 2.96. The number of hydrogen-bond donors (Lipinski definition) is 1. The summed E-state index contributed by atoms with van der Waals surface area (Å²) < 4.78 is 0. The Kier molecular flexibility index (Phi) is 5.58. The van der Waals surface area contributed by atoms with Crippen molar-refractivity contribution in [3.8, 4) is 0 Å². The average molecular weight is 281 g/mol. The Labute approximate surface area is 129 Å². The van der Waals surface area contributed by atoms with Gasteiger partial charge in [0.2, 0.25) is 0 Å². The van der Waals surface area contributed by atoms with Crippen molar-refractivity contribution >= 4 is 0 Å². The SMILES string of the molecule is CCCCc1ccc(C(NC)c2cc(C)cc(C)c2)cc1. The normalized spacial score (nSPS) is 12.4. The molecule has 1 atom stereocenters. The van der Waals surface area contributed by atoms with Crippen molar-refractivity contribution < 1.29 is 0 Å². The van der Waals surface area contributed by atoms with Gasteiger partial charge in [-0.2, -0.15) is 0 Å². The summed E-state index contributed by atoms with van der Waals surface area (Å²) in [4.78, 5) is 0. The van der Waals surface area contributed by atoms with Gasteiger partial charge in [-0.3, -0.25) is 0 Å². The fraction of sp³-hybridized carbons (Fsp3) is 0.400. The Balaban J connectivity index is 2.24. The minimum Gasteiger partial charge on any atom is -0.309 e. The number of aryl methyl sites for hydroxylation is 3. The lowest BCUT2D eigenvalue weighted by Crippen LogP contribution is -2.18. The molecule has 0 heterocycles. The van der Waals surface area contributed by atoms with Crippen LogP contribution >= 0.6 is 0 Å². The van der Waals surface area contributed by atoms with Gasteiger partial charge in [0.1, 0.15) is 0 Å². The van der Waals surface area contributed by atoms with Crippen LogP contribution in [0.25, 0.3) is 0 Å². The molecule has 0 fully saturated rings. The van der Waals surface area contributed by atoms with Crippen LogP contribution in [-0.2, 0) is 6.42 Å². The van der Waals surface area contributed by atoms with Crippen molar-refractivity contribution in [2.75, 3.05) is 7.05 Å². The molecular weight excluding hydrogens is 254 g/mol. The molecule has 0 saturated carbocycles. The highest BCUT2D eigenvalue weighted by Crippen LogP contribution is 2.24. The third-order valence-corrected chi connectivity index (χ3v) is 4.00. The number of nitrogens with one attached hydrogen (secondary N) is 1. The van der Waals surface area contributed by atoms with E-state index in [4.69, 9.17) is 0 Å². The zero-order valence-electron chi connectivity index (χ0n) is 13.7. The molecule has 1 heteroatoms. The van der Waals surface area contributed by atoms with Crippen LogP contribution in [0.1, 0.15) is 53.6 Å². The van der Waals surface area contributed by atoms with Gasteiger partial charge in [0.05, 0.1) is 6.04 Å². The summed E-state index contributed by atoms with van der Waals surface area (Å²) >= 11 is 0. The van der Waals surface area contributed by atoms with E-state index in [2.05, 4.69) is 68.6 Å². The maximum absolute atomic E-state index is 3.45. The third kappa shape index (κ3) is 4.18. The Morgan fingerprint density at radius 1 is 0.905 bits per heavy atom. The Hall–Kier alpha value is -1.60. The number of hydrogen-bond acceptors (Lipinski definition) is 1. The molecule has 2 rings (SSSR count). The minimum absolute atomic E-state index is 0.267. The lowest BCUT2D eigenvalue weighted by atomic mass is 9.94. The van der Waals surface area contributed by atoms with Gasteiger partial charge in [-0.15, -0.1) is 0 Å². The monoisotopic (exact) mass is 281 g/mol. The minimum atomic E-state index is 0.267. The number of benzene rings is 2. The molecule has 0 aliphatic carbocycles. The first-order chi connectivity index (χ1) is 10.1. The molecule has 0 saturated heterocycles. The lowest BCUT2D eigenvalue weighted by Gasteiger charge is -2.19. The van der Waals surface area contributed by atoms with Crippen LogP contribution in [0.4, 0.5) is 0 Å². The second-order valence-electron chi connectivity index (χ2n) is 5.99. The average Bonchev–Trinajstić information content (AvgIpc) is 2.46. The van der Waals surface area contributed by atoms with Gasteiger partial charge in [0, 0.05) is 0 Å². The first-order valence-corrected chi connectivity index (χ1v) is 7.98. The van der Waals surface area contributed by atoms with Gasteiger partial charge in [-0.1, -0.05) is 66.9 Å². The molecule has 0 amide bonds. The molecule has 2 aromatic carbocycles. The Morgan fingerprint density at radius 3 is 2.05 bits per heavy atom. The van der Waals surface area contributed by atoms with Gasteiger partial charge in [0.15, 0.2) is 0 Å². The van der Waals surface area contributed by atoms with Crippen LogP contribution in [0.15, 0.2) is 42.5 Å². The van der Waals surface area contributed by atoms with Crippen LogP contribution in [0, 0.1) is 13.8 Å². The maximum atomic E-state index is 3.45. The molecule has 21 heavy (non-hydrogen) atoms. The molecule has 112 valence electrons. The van der Waals surface area contributed by atoms with Crippen molar-refractivity contribution in [3.63, 3.8) is 0 Å². The summed E-state index contributed by atoms with van der Waals surface area (Å²) in [5, 5.41) is 3.45. The molecule has 1 N–H and O–H groups in total. The van der Waals surface area contributed by atoms with Crippen LogP contribution in [0.2, 0.25) is 0 Å². The topological polar surface area (TPSA) is 12.0 Å². The summed E-state index contributed by atoms with van der Waals surface area (Å²) in [7, 11) is 2.04. The van der Waals surface area contributed by atoms with Crippen molar-refractivity contribution in [2.24, 2.45) is 0 Å². The molecule has 0 aromatic heterocycles. The van der Waals surface area contributed by atoms with Gasteiger partial charge < -0.3 is 5.32 Å². The van der Waals surface area contributed by atoms with Gasteiger partial charge in [-0.05, 0) is 50.4 Å². The highest BCUT2D eigenvalue weighted by molar-refractivity contribution is 5.37. The molecule has 0 aliphatic rings. The first kappa shape index (κ1) is 15.8. The predicted molar refractivity (Wildman–Crippen MR) is 91.9 cm³/mol. The summed E-state index contributed by atoms with van der Waals surface area (Å²) in [5.41, 5.74) is 6.77. The van der Waals surface area contributed by atoms with Gasteiger partial charge >= 0.3 is 0 Å². The molecule has 0 radical (unpaired) electrons. The summed E-state index contributed by atoms with van der Waals surface area (Å²) in [6.07, 6.45) is 3.71. The molecule has 1 unspecified atom stereocenters. The lowest BCUT2D eigenvalue weighted by molar-refractivity contribution is 0.689. The molecule has 1 nitrogen and oxygen atoms in total. The Bertz CT molecular complexity index is 549. The van der Waals surface area contributed by atoms with Gasteiger partial charge in [0.25, 0.3) is 0 Å². The van der Waals surface area contributed by atoms with E-state index in [0.717, 1.165) is 0 Å². The van der Waals surface area contributed by atoms with E-state index < -0.39 is 0 Å². The summed E-state index contributed by atoms with van der Waals surface area (Å²) in [5.74, 6) is 0. The first-order valence-electron chi connectivity index (χ1n) is 7.98. The molecule has 2 aromatic rings. The summed E-state index contributed by atoms with van der Waals surface area (Å²) in [6.45, 7) is 6.57. The van der Waals surface area contributed by atoms with E-state index in [-0.39, 0.29) is 6.04 Å². The zero-order chi connectivity index (χ0) is 15.2. The second-order valence-corrected chi connectivity index (χ2v) is 5.99. The van der Waals surface area contributed by atoms with Crippen molar-refractivity contribution in [1.82, 2.24) is 5.32 Å². The van der Waals surface area contributed by atoms with E-state index in [1.165, 1.54) is 47.1 Å². The van der Waals surface area contributed by atoms with Crippen LogP contribution in [-0.4, -0.2) is 7.05 Å². The van der Waals surface area contributed by atoms with E-state index in [1.807, 2.05) is 7.05 Å². The maximum Gasteiger partial charge on any atom is 0.0574 e. The van der Waals surface area contributed by atoms with E-state index in [1.54, 1.807) is 0 Å². The van der Waals surface area contributed by atoms with Crippen LogP contribution in [0.3, 0.4) is 0 Å². The van der Waals surface area contributed by atoms with Gasteiger partial charge in [-0.25, -0.2) is 0 Å². The third-order valence-electron chi connectivity index (χ3n) is 4.00. The van der Waals surface area contributed by atoms with E-state index >= 15 is 0 Å². The van der Waals surface area contributed by atoms with Crippen molar-refractivity contribution in [2.45, 2.75) is 46.1 Å². The van der Waals surface area contributed by atoms with E-state index in [9.17, 15) is 0 Å².